The van der Waals surface area contributed by atoms with Gasteiger partial charge in [-0.3, -0.25) is 0 Å². The number of nitrogens with one attached hydrogen (secondary N) is 1. The third-order valence-electron chi connectivity index (χ3n) is 2.84. The van der Waals surface area contributed by atoms with E-state index in [1.165, 1.54) is 12.1 Å². The number of hydrogen-bond donors (Lipinski definition) is 2. The molecule has 1 atom stereocenters. The molecule has 21 heavy (non-hydrogen) atoms. The molecule has 0 aliphatic carbocycles. The number of rotatable bonds is 10. The van der Waals surface area contributed by atoms with Crippen molar-refractivity contribution >= 4 is 0 Å². The highest BCUT2D eigenvalue weighted by Crippen LogP contribution is 2.20. The molecule has 0 heterocycles. The van der Waals surface area contributed by atoms with Crippen molar-refractivity contribution in [3.8, 4) is 5.75 Å². The van der Waals surface area contributed by atoms with Gasteiger partial charge in [0.05, 0.1) is 6.61 Å². The lowest BCUT2D eigenvalue weighted by Gasteiger charge is -2.16. The maximum atomic E-state index is 13.3. The van der Waals surface area contributed by atoms with Gasteiger partial charge in [-0.1, -0.05) is 13.8 Å². The van der Waals surface area contributed by atoms with Gasteiger partial charge in [0.1, 0.15) is 24.3 Å². The number of hydrogen-bond acceptors (Lipinski definition) is 4. The van der Waals surface area contributed by atoms with Gasteiger partial charge in [-0.05, 0) is 37.6 Å². The molecular weight excluding hydrogens is 273 g/mol. The van der Waals surface area contributed by atoms with Crippen molar-refractivity contribution in [3.05, 3.63) is 29.6 Å². The van der Waals surface area contributed by atoms with Crippen LogP contribution in [0.4, 0.5) is 4.39 Å². The predicted octanol–water partition coefficient (Wildman–Crippen LogP) is 2.35. The van der Waals surface area contributed by atoms with Crippen LogP contribution >= 0.6 is 0 Å². The van der Waals surface area contributed by atoms with E-state index in [9.17, 15) is 9.50 Å². The van der Waals surface area contributed by atoms with Crippen LogP contribution in [0.2, 0.25) is 0 Å². The third kappa shape index (κ3) is 7.41. The molecule has 120 valence electrons. The van der Waals surface area contributed by atoms with Gasteiger partial charge >= 0.3 is 0 Å². The van der Waals surface area contributed by atoms with E-state index >= 15 is 0 Å². The minimum absolute atomic E-state index is 0.128. The van der Waals surface area contributed by atoms with Crippen molar-refractivity contribution in [2.75, 3.05) is 26.4 Å². The molecule has 0 amide bonds. The van der Waals surface area contributed by atoms with Crippen LogP contribution in [0, 0.1) is 11.7 Å². The molecule has 0 spiro atoms. The van der Waals surface area contributed by atoms with E-state index in [0.29, 0.717) is 24.8 Å². The van der Waals surface area contributed by atoms with Crippen LogP contribution in [-0.2, 0) is 11.3 Å². The molecule has 0 aliphatic heterocycles. The topological polar surface area (TPSA) is 50.7 Å². The molecule has 5 heteroatoms. The first-order chi connectivity index (χ1) is 10.0. The summed E-state index contributed by atoms with van der Waals surface area (Å²) in [4.78, 5) is 0. The summed E-state index contributed by atoms with van der Waals surface area (Å²) in [6.45, 7) is 8.39. The fraction of sp³-hybridized carbons (Fsp3) is 0.625. The zero-order chi connectivity index (χ0) is 15.7. The Kier molecular flexibility index (Phi) is 8.27. The van der Waals surface area contributed by atoms with E-state index < -0.39 is 6.10 Å². The minimum atomic E-state index is -0.688. The van der Waals surface area contributed by atoms with Gasteiger partial charge in [0, 0.05) is 18.7 Å². The summed E-state index contributed by atoms with van der Waals surface area (Å²) in [7, 11) is 0. The molecule has 2 N–H and O–H groups in total. The van der Waals surface area contributed by atoms with Gasteiger partial charge in [0.25, 0.3) is 0 Å². The Morgan fingerprint density at radius 2 is 2.05 bits per heavy atom. The summed E-state index contributed by atoms with van der Waals surface area (Å²) < 4.78 is 24.0. The van der Waals surface area contributed by atoms with Crippen LogP contribution < -0.4 is 10.1 Å². The van der Waals surface area contributed by atoms with Gasteiger partial charge in [-0.15, -0.1) is 0 Å². The number of ether oxygens (including phenoxy) is 2. The first-order valence-corrected chi connectivity index (χ1v) is 7.40. The molecule has 1 aromatic carbocycles. The second kappa shape index (κ2) is 9.71. The summed E-state index contributed by atoms with van der Waals surface area (Å²) in [6.07, 6.45) is -0.688. The average Bonchev–Trinajstić information content (AvgIpc) is 2.43. The maximum absolute atomic E-state index is 13.3. The van der Waals surface area contributed by atoms with Crippen LogP contribution in [0.5, 0.6) is 5.75 Å². The highest BCUT2D eigenvalue weighted by atomic mass is 19.1. The first-order valence-electron chi connectivity index (χ1n) is 7.40. The van der Waals surface area contributed by atoms with Crippen LogP contribution in [0.25, 0.3) is 0 Å². The SMILES string of the molecule is CCOCC(O)COc1ccc(F)cc1CNCC(C)C. The Labute approximate surface area is 126 Å². The Hall–Kier alpha value is -1.17. The van der Waals surface area contributed by atoms with Gasteiger partial charge < -0.3 is 19.9 Å². The molecule has 0 fully saturated rings. The maximum Gasteiger partial charge on any atom is 0.124 e. The molecular formula is C16H26FNO3. The molecule has 0 saturated heterocycles. The summed E-state index contributed by atoms with van der Waals surface area (Å²) in [5.74, 6) is 0.817. The van der Waals surface area contributed by atoms with E-state index in [1.807, 2.05) is 6.92 Å². The van der Waals surface area contributed by atoms with Crippen molar-refractivity contribution < 1.29 is 19.0 Å². The first kappa shape index (κ1) is 17.9. The fourth-order valence-electron chi connectivity index (χ4n) is 1.81. The monoisotopic (exact) mass is 299 g/mol. The Balaban J connectivity index is 2.55. The standard InChI is InChI=1S/C16H26FNO3/c1-4-20-10-15(19)11-21-16-6-5-14(17)7-13(16)9-18-8-12(2)3/h5-7,12,15,18-19H,4,8-11H2,1-3H3. The van der Waals surface area contributed by atoms with Crippen LogP contribution in [0.15, 0.2) is 18.2 Å². The molecule has 1 unspecified atom stereocenters. The van der Waals surface area contributed by atoms with Gasteiger partial charge in [0.2, 0.25) is 0 Å². The van der Waals surface area contributed by atoms with Crippen molar-refractivity contribution in [1.29, 1.82) is 0 Å². The predicted molar refractivity (Wildman–Crippen MR) is 80.9 cm³/mol. The lowest BCUT2D eigenvalue weighted by atomic mass is 10.1. The largest absolute Gasteiger partial charge is 0.490 e. The zero-order valence-electron chi connectivity index (χ0n) is 13.1. The van der Waals surface area contributed by atoms with E-state index in [2.05, 4.69) is 19.2 Å². The number of aliphatic hydroxyl groups excluding tert-OH is 1. The Morgan fingerprint density at radius 3 is 2.71 bits per heavy atom. The van der Waals surface area contributed by atoms with E-state index in [0.717, 1.165) is 12.1 Å². The van der Waals surface area contributed by atoms with Gasteiger partial charge in [-0.25, -0.2) is 4.39 Å². The third-order valence-corrected chi connectivity index (χ3v) is 2.84. The van der Waals surface area contributed by atoms with E-state index in [-0.39, 0.29) is 19.0 Å². The molecule has 4 nitrogen and oxygen atoms in total. The second-order valence-corrected chi connectivity index (χ2v) is 5.40. The summed E-state index contributed by atoms with van der Waals surface area (Å²) in [5, 5.41) is 13.0. The lowest BCUT2D eigenvalue weighted by molar-refractivity contribution is 0.0162. The van der Waals surface area contributed by atoms with Crippen LogP contribution in [0.1, 0.15) is 26.3 Å². The lowest BCUT2D eigenvalue weighted by Crippen LogP contribution is -2.24. The summed E-state index contributed by atoms with van der Waals surface area (Å²) in [5.41, 5.74) is 0.749. The summed E-state index contributed by atoms with van der Waals surface area (Å²) in [6, 6.07) is 4.41. The fourth-order valence-corrected chi connectivity index (χ4v) is 1.81. The minimum Gasteiger partial charge on any atom is -0.490 e. The second-order valence-electron chi connectivity index (χ2n) is 5.40. The number of halogens is 1. The molecule has 0 saturated carbocycles. The number of aliphatic hydroxyl groups is 1. The molecule has 0 bridgehead atoms. The quantitative estimate of drug-likeness (QED) is 0.696. The van der Waals surface area contributed by atoms with Gasteiger partial charge in [0.15, 0.2) is 0 Å². The molecule has 0 aromatic heterocycles. The van der Waals surface area contributed by atoms with Crippen LogP contribution in [0.3, 0.4) is 0 Å². The average molecular weight is 299 g/mol. The van der Waals surface area contributed by atoms with Crippen molar-refractivity contribution in [3.63, 3.8) is 0 Å². The van der Waals surface area contributed by atoms with E-state index in [1.54, 1.807) is 6.07 Å². The zero-order valence-corrected chi connectivity index (χ0v) is 13.1. The van der Waals surface area contributed by atoms with Crippen molar-refractivity contribution in [1.82, 2.24) is 5.32 Å². The number of benzene rings is 1. The molecule has 1 aromatic rings. The van der Waals surface area contributed by atoms with Gasteiger partial charge in [-0.2, -0.15) is 0 Å². The Morgan fingerprint density at radius 1 is 1.29 bits per heavy atom. The normalized spacial score (nSPS) is 12.7. The molecule has 1 rings (SSSR count). The van der Waals surface area contributed by atoms with E-state index in [4.69, 9.17) is 9.47 Å². The smallest absolute Gasteiger partial charge is 0.124 e. The highest BCUT2D eigenvalue weighted by molar-refractivity contribution is 5.34. The summed E-state index contributed by atoms with van der Waals surface area (Å²) >= 11 is 0. The van der Waals surface area contributed by atoms with Crippen LogP contribution in [-0.4, -0.2) is 37.6 Å². The highest BCUT2D eigenvalue weighted by Gasteiger charge is 2.09. The van der Waals surface area contributed by atoms with Crippen molar-refractivity contribution in [2.45, 2.75) is 33.4 Å². The Bertz CT molecular complexity index is 413. The van der Waals surface area contributed by atoms with Crippen molar-refractivity contribution in [2.24, 2.45) is 5.92 Å². The molecule has 0 aliphatic rings. The molecule has 0 radical (unpaired) electrons.